The zero-order chi connectivity index (χ0) is 12.3. The molecule has 1 heterocycles. The van der Waals surface area contributed by atoms with Gasteiger partial charge in [0.15, 0.2) is 5.82 Å². The summed E-state index contributed by atoms with van der Waals surface area (Å²) in [6.07, 6.45) is 0.716. The lowest BCUT2D eigenvalue weighted by Crippen LogP contribution is -2.26. The predicted octanol–water partition coefficient (Wildman–Crippen LogP) is 1.69. The molecule has 92 valence electrons. The average Bonchev–Trinajstić information content (AvgIpc) is 2.63. The Labute approximate surface area is 96.4 Å². The molecular weight excluding hydrogens is 206 g/mol. The summed E-state index contributed by atoms with van der Waals surface area (Å²) in [6.45, 7) is 8.08. The molecule has 0 aliphatic heterocycles. The number of nitrogens with two attached hydrogens (primary N) is 1. The molecule has 0 saturated carbocycles. The van der Waals surface area contributed by atoms with Crippen LogP contribution in [-0.2, 0) is 11.2 Å². The number of rotatable bonds is 4. The van der Waals surface area contributed by atoms with Crippen LogP contribution >= 0.6 is 0 Å². The summed E-state index contributed by atoms with van der Waals surface area (Å²) >= 11 is 0. The fourth-order valence-corrected chi connectivity index (χ4v) is 1.19. The summed E-state index contributed by atoms with van der Waals surface area (Å²) in [4.78, 5) is 4.28. The predicted molar refractivity (Wildman–Crippen MR) is 60.9 cm³/mol. The second kappa shape index (κ2) is 4.93. The maximum Gasteiger partial charge on any atom is 0.244 e. The van der Waals surface area contributed by atoms with Gasteiger partial charge in [0, 0.05) is 13.5 Å². The molecule has 16 heavy (non-hydrogen) atoms. The lowest BCUT2D eigenvalue weighted by atomic mass is 9.87. The largest absolute Gasteiger partial charge is 0.381 e. The number of ether oxygens (including phenoxy) is 1. The van der Waals surface area contributed by atoms with E-state index in [1.54, 1.807) is 7.11 Å². The highest BCUT2D eigenvalue weighted by Crippen LogP contribution is 2.29. The van der Waals surface area contributed by atoms with Crippen LogP contribution in [0.25, 0.3) is 0 Å². The molecule has 0 aliphatic carbocycles. The lowest BCUT2D eigenvalue weighted by molar-refractivity contribution is 0.116. The van der Waals surface area contributed by atoms with E-state index < -0.39 is 0 Å². The molecule has 0 fully saturated rings. The molecule has 0 spiro atoms. The fraction of sp³-hybridized carbons (Fsp3) is 0.818. The van der Waals surface area contributed by atoms with Gasteiger partial charge in [-0.05, 0) is 12.3 Å². The van der Waals surface area contributed by atoms with Crippen molar-refractivity contribution in [1.29, 1.82) is 0 Å². The zero-order valence-electron chi connectivity index (χ0n) is 10.7. The van der Waals surface area contributed by atoms with Gasteiger partial charge in [-0.15, -0.1) is 0 Å². The molecule has 5 nitrogen and oxygen atoms in total. The van der Waals surface area contributed by atoms with Crippen molar-refractivity contribution in [3.05, 3.63) is 11.7 Å². The summed E-state index contributed by atoms with van der Waals surface area (Å²) < 4.78 is 10.3. The molecule has 0 aliphatic rings. The van der Waals surface area contributed by atoms with Crippen molar-refractivity contribution < 1.29 is 9.26 Å². The molecule has 2 atom stereocenters. The first-order valence-electron chi connectivity index (χ1n) is 5.45. The SMILES string of the molecule is COC(C)Cc1noc(C(N)C(C)(C)C)n1. The van der Waals surface area contributed by atoms with Crippen molar-refractivity contribution >= 4 is 0 Å². The van der Waals surface area contributed by atoms with Crippen molar-refractivity contribution in [2.75, 3.05) is 7.11 Å². The summed E-state index contributed by atoms with van der Waals surface area (Å²) in [5.41, 5.74) is 5.93. The second-order valence-corrected chi connectivity index (χ2v) is 5.14. The maximum absolute atomic E-state index is 6.02. The standard InChI is InChI=1S/C11H21N3O2/c1-7(15-5)6-8-13-10(16-14-8)9(12)11(2,3)4/h7,9H,6,12H2,1-5H3. The first kappa shape index (κ1) is 13.1. The third-order valence-corrected chi connectivity index (χ3v) is 2.56. The van der Waals surface area contributed by atoms with Crippen LogP contribution in [0.3, 0.4) is 0 Å². The van der Waals surface area contributed by atoms with Crippen molar-refractivity contribution in [2.45, 2.75) is 46.3 Å². The van der Waals surface area contributed by atoms with Gasteiger partial charge in [-0.25, -0.2) is 0 Å². The Morgan fingerprint density at radius 3 is 2.56 bits per heavy atom. The van der Waals surface area contributed by atoms with Crippen LogP contribution in [0.4, 0.5) is 0 Å². The van der Waals surface area contributed by atoms with E-state index in [-0.39, 0.29) is 17.6 Å². The number of hydrogen-bond acceptors (Lipinski definition) is 5. The summed E-state index contributed by atoms with van der Waals surface area (Å²) in [5.74, 6) is 1.13. The highest BCUT2D eigenvalue weighted by Gasteiger charge is 2.27. The number of nitrogens with zero attached hydrogens (tertiary/aromatic N) is 2. The van der Waals surface area contributed by atoms with E-state index in [0.29, 0.717) is 18.1 Å². The third-order valence-electron chi connectivity index (χ3n) is 2.56. The van der Waals surface area contributed by atoms with Crippen LogP contribution in [-0.4, -0.2) is 23.4 Å². The van der Waals surface area contributed by atoms with Crippen LogP contribution in [0.1, 0.15) is 45.5 Å². The normalized spacial score (nSPS) is 16.1. The van der Waals surface area contributed by atoms with Gasteiger partial charge in [-0.2, -0.15) is 4.98 Å². The van der Waals surface area contributed by atoms with Crippen LogP contribution in [0, 0.1) is 5.41 Å². The number of methoxy groups -OCH3 is 1. The van der Waals surface area contributed by atoms with Gasteiger partial charge >= 0.3 is 0 Å². The minimum absolute atomic E-state index is 0.0799. The molecule has 1 rings (SSSR count). The van der Waals surface area contributed by atoms with Gasteiger partial charge in [0.1, 0.15) is 0 Å². The molecule has 0 bridgehead atoms. The quantitative estimate of drug-likeness (QED) is 0.847. The fourth-order valence-electron chi connectivity index (χ4n) is 1.19. The van der Waals surface area contributed by atoms with E-state index in [4.69, 9.17) is 15.0 Å². The Balaban J connectivity index is 2.71. The van der Waals surface area contributed by atoms with Gasteiger partial charge in [0.2, 0.25) is 5.89 Å². The van der Waals surface area contributed by atoms with E-state index >= 15 is 0 Å². The minimum atomic E-state index is -0.244. The zero-order valence-corrected chi connectivity index (χ0v) is 10.7. The molecule has 2 N–H and O–H groups in total. The molecular formula is C11H21N3O2. The van der Waals surface area contributed by atoms with E-state index in [9.17, 15) is 0 Å². The van der Waals surface area contributed by atoms with Crippen LogP contribution < -0.4 is 5.73 Å². The van der Waals surface area contributed by atoms with Gasteiger partial charge in [0.05, 0.1) is 12.1 Å². The molecule has 1 aromatic rings. The summed E-state index contributed by atoms with van der Waals surface area (Å²) in [6, 6.07) is -0.244. The Kier molecular flexibility index (Phi) is 4.04. The molecule has 5 heteroatoms. The topological polar surface area (TPSA) is 74.2 Å². The molecule has 0 saturated heterocycles. The number of hydrogen-bond donors (Lipinski definition) is 1. The molecule has 1 aromatic heterocycles. The van der Waals surface area contributed by atoms with Crippen LogP contribution in [0.5, 0.6) is 0 Å². The van der Waals surface area contributed by atoms with Crippen molar-refractivity contribution in [1.82, 2.24) is 10.1 Å². The summed E-state index contributed by atoms with van der Waals surface area (Å²) in [5, 5.41) is 3.89. The third kappa shape index (κ3) is 3.28. The van der Waals surface area contributed by atoms with Crippen LogP contribution in [0.2, 0.25) is 0 Å². The Morgan fingerprint density at radius 1 is 1.44 bits per heavy atom. The van der Waals surface area contributed by atoms with Gasteiger partial charge in [0.25, 0.3) is 0 Å². The first-order chi connectivity index (χ1) is 7.34. The van der Waals surface area contributed by atoms with Crippen molar-refractivity contribution in [3.63, 3.8) is 0 Å². The van der Waals surface area contributed by atoms with E-state index in [2.05, 4.69) is 10.1 Å². The first-order valence-corrected chi connectivity index (χ1v) is 5.45. The van der Waals surface area contributed by atoms with E-state index in [1.165, 1.54) is 0 Å². The van der Waals surface area contributed by atoms with Crippen molar-refractivity contribution in [3.8, 4) is 0 Å². The molecule has 0 amide bonds. The maximum atomic E-state index is 6.02. The monoisotopic (exact) mass is 227 g/mol. The average molecular weight is 227 g/mol. The van der Waals surface area contributed by atoms with E-state index in [0.717, 1.165) is 0 Å². The second-order valence-electron chi connectivity index (χ2n) is 5.14. The van der Waals surface area contributed by atoms with Crippen LogP contribution in [0.15, 0.2) is 4.52 Å². The van der Waals surface area contributed by atoms with Gasteiger partial charge in [-0.3, -0.25) is 0 Å². The number of aromatic nitrogens is 2. The van der Waals surface area contributed by atoms with Gasteiger partial charge < -0.3 is 15.0 Å². The Bertz CT molecular complexity index is 330. The highest BCUT2D eigenvalue weighted by molar-refractivity contribution is 4.97. The highest BCUT2D eigenvalue weighted by atomic mass is 16.5. The van der Waals surface area contributed by atoms with Crippen molar-refractivity contribution in [2.24, 2.45) is 11.1 Å². The van der Waals surface area contributed by atoms with Gasteiger partial charge in [-0.1, -0.05) is 25.9 Å². The minimum Gasteiger partial charge on any atom is -0.381 e. The lowest BCUT2D eigenvalue weighted by Gasteiger charge is -2.23. The van der Waals surface area contributed by atoms with E-state index in [1.807, 2.05) is 27.7 Å². The Hall–Kier alpha value is -0.940. The Morgan fingerprint density at radius 2 is 2.06 bits per heavy atom. The summed E-state index contributed by atoms with van der Waals surface area (Å²) in [7, 11) is 1.66. The molecule has 0 radical (unpaired) electrons. The smallest absolute Gasteiger partial charge is 0.244 e. The molecule has 2 unspecified atom stereocenters. The molecule has 0 aromatic carbocycles.